The van der Waals surface area contributed by atoms with Crippen LogP contribution in [0, 0.1) is 36.5 Å². The summed E-state index contributed by atoms with van der Waals surface area (Å²) in [5.41, 5.74) is 2.96. The maximum Gasteiger partial charge on any atom is 0.0922 e. The van der Waals surface area contributed by atoms with E-state index in [0.29, 0.717) is 5.92 Å². The third-order valence-corrected chi connectivity index (χ3v) is 9.05. The lowest BCUT2D eigenvalue weighted by molar-refractivity contribution is 0.131. The topological polar surface area (TPSA) is 0 Å². The van der Waals surface area contributed by atoms with Gasteiger partial charge in [-0.15, -0.1) is 0 Å². The maximum atomic E-state index is 12.9. The Labute approximate surface area is 179 Å². The second-order valence-electron chi connectivity index (χ2n) is 10.9. The van der Waals surface area contributed by atoms with E-state index in [1.54, 1.807) is 5.56 Å². The molecule has 0 saturated heterocycles. The number of benzene rings is 1. The first-order chi connectivity index (χ1) is 14.2. The highest BCUT2D eigenvalue weighted by molar-refractivity contribution is 5.24. The van der Waals surface area contributed by atoms with Gasteiger partial charge in [-0.05, 0) is 112 Å². The number of alkyl halides is 1. The van der Waals surface area contributed by atoms with Crippen molar-refractivity contribution in [2.75, 3.05) is 6.67 Å². The van der Waals surface area contributed by atoms with Crippen LogP contribution in [0.15, 0.2) is 24.3 Å². The van der Waals surface area contributed by atoms with Gasteiger partial charge in [0, 0.05) is 0 Å². The van der Waals surface area contributed by atoms with Crippen LogP contribution in [-0.4, -0.2) is 6.67 Å². The average Bonchev–Trinajstić information content (AvgIpc) is 2.79. The minimum Gasteiger partial charge on any atom is -0.251 e. The molecule has 29 heavy (non-hydrogen) atoms. The average molecular weight is 399 g/mol. The van der Waals surface area contributed by atoms with Gasteiger partial charge in [-0.25, -0.2) is 0 Å². The molecule has 1 heteroatoms. The van der Waals surface area contributed by atoms with Crippen LogP contribution in [0.2, 0.25) is 0 Å². The van der Waals surface area contributed by atoms with Gasteiger partial charge in [-0.3, -0.25) is 4.39 Å². The molecule has 0 N–H and O–H groups in total. The van der Waals surface area contributed by atoms with Gasteiger partial charge in [0.1, 0.15) is 0 Å². The van der Waals surface area contributed by atoms with E-state index in [1.165, 1.54) is 82.6 Å². The molecule has 0 atom stereocenters. The molecule has 3 saturated carbocycles. The summed E-state index contributed by atoms with van der Waals surface area (Å²) in [4.78, 5) is 0. The van der Waals surface area contributed by atoms with Crippen molar-refractivity contribution in [1.82, 2.24) is 0 Å². The molecule has 0 radical (unpaired) electrons. The molecule has 1 aromatic carbocycles. The molecule has 4 rings (SSSR count). The lowest BCUT2D eigenvalue weighted by Gasteiger charge is -2.38. The van der Waals surface area contributed by atoms with Gasteiger partial charge in [-0.2, -0.15) is 0 Å². The summed E-state index contributed by atoms with van der Waals surface area (Å²) in [5, 5.41) is 0. The van der Waals surface area contributed by atoms with Crippen molar-refractivity contribution in [3.8, 4) is 0 Å². The first-order valence-electron chi connectivity index (χ1n) is 12.8. The first-order valence-corrected chi connectivity index (χ1v) is 12.8. The van der Waals surface area contributed by atoms with Crippen molar-refractivity contribution in [3.05, 3.63) is 35.4 Å². The molecule has 3 fully saturated rings. The van der Waals surface area contributed by atoms with Crippen molar-refractivity contribution in [2.24, 2.45) is 29.6 Å². The van der Waals surface area contributed by atoms with Gasteiger partial charge in [0.05, 0.1) is 6.67 Å². The molecule has 0 aliphatic heterocycles. The van der Waals surface area contributed by atoms with Crippen molar-refractivity contribution in [2.45, 2.75) is 103 Å². The molecule has 0 spiro atoms. The summed E-state index contributed by atoms with van der Waals surface area (Å²) in [5.74, 6) is 5.10. The van der Waals surface area contributed by atoms with E-state index >= 15 is 0 Å². The Hall–Kier alpha value is -0.850. The van der Waals surface area contributed by atoms with E-state index in [1.807, 2.05) is 0 Å². The van der Waals surface area contributed by atoms with Gasteiger partial charge in [0.2, 0.25) is 0 Å². The third-order valence-electron chi connectivity index (χ3n) is 9.05. The van der Waals surface area contributed by atoms with Crippen molar-refractivity contribution in [1.29, 1.82) is 0 Å². The number of aryl methyl sites for hydroxylation is 1. The quantitative estimate of drug-likeness (QED) is 0.450. The maximum absolute atomic E-state index is 12.9. The Balaban J connectivity index is 1.12. The van der Waals surface area contributed by atoms with Gasteiger partial charge in [0.15, 0.2) is 0 Å². The highest BCUT2D eigenvalue weighted by Gasteiger charge is 2.31. The lowest BCUT2D eigenvalue weighted by Crippen LogP contribution is -2.26. The molecule has 0 aromatic heterocycles. The fraction of sp³-hybridized carbons (Fsp3) is 0.786. The molecule has 0 nitrogen and oxygen atoms in total. The van der Waals surface area contributed by atoms with Crippen LogP contribution >= 0.6 is 0 Å². The van der Waals surface area contributed by atoms with Crippen molar-refractivity contribution in [3.63, 3.8) is 0 Å². The predicted octanol–water partition coefficient (Wildman–Crippen LogP) is 8.63. The number of hydrogen-bond acceptors (Lipinski definition) is 0. The molecular formula is C28H43F. The normalized spacial score (nSPS) is 36.1. The summed E-state index contributed by atoms with van der Waals surface area (Å²) in [6.07, 6.45) is 19.5. The van der Waals surface area contributed by atoms with Crippen LogP contribution in [0.1, 0.15) is 107 Å². The predicted molar refractivity (Wildman–Crippen MR) is 122 cm³/mol. The molecule has 3 aliphatic carbocycles. The summed E-state index contributed by atoms with van der Waals surface area (Å²) in [6.45, 7) is 2.11. The lowest BCUT2D eigenvalue weighted by atomic mass is 9.68. The zero-order valence-electron chi connectivity index (χ0n) is 18.8. The van der Waals surface area contributed by atoms with Gasteiger partial charge < -0.3 is 0 Å². The zero-order chi connectivity index (χ0) is 20.1. The largest absolute Gasteiger partial charge is 0.251 e. The summed E-state index contributed by atoms with van der Waals surface area (Å²) in [6, 6.07) is 9.29. The fourth-order valence-corrected chi connectivity index (χ4v) is 6.86. The Bertz CT molecular complexity index is 581. The van der Waals surface area contributed by atoms with E-state index in [0.717, 1.165) is 42.4 Å². The Morgan fingerprint density at radius 1 is 0.621 bits per heavy atom. The molecular weight excluding hydrogens is 355 g/mol. The molecule has 3 aliphatic rings. The molecule has 1 aromatic rings. The van der Waals surface area contributed by atoms with Gasteiger partial charge >= 0.3 is 0 Å². The van der Waals surface area contributed by atoms with Crippen LogP contribution in [0.25, 0.3) is 0 Å². The monoisotopic (exact) mass is 398 g/mol. The van der Waals surface area contributed by atoms with Crippen LogP contribution < -0.4 is 0 Å². The summed E-state index contributed by atoms with van der Waals surface area (Å²) < 4.78 is 12.9. The standard InChI is InChI=1S/C28H43F/c1-21-2-12-25(13-3-21)26-14-6-22(7-15-26)4-5-23-8-16-27(17-9-23)28-18-10-24(20-29)11-19-28/h2-3,12-13,22-24,26-28H,4-11,14-20H2,1H3. The van der Waals surface area contributed by atoms with Crippen molar-refractivity contribution < 1.29 is 4.39 Å². The number of halogens is 1. The minimum atomic E-state index is -0.0770. The molecule has 0 heterocycles. The number of hydrogen-bond donors (Lipinski definition) is 0. The van der Waals surface area contributed by atoms with E-state index < -0.39 is 0 Å². The van der Waals surface area contributed by atoms with Crippen LogP contribution in [0.5, 0.6) is 0 Å². The van der Waals surface area contributed by atoms with Crippen LogP contribution in [-0.2, 0) is 0 Å². The van der Waals surface area contributed by atoms with Crippen molar-refractivity contribution >= 4 is 0 Å². The first kappa shape index (κ1) is 21.4. The zero-order valence-corrected chi connectivity index (χ0v) is 18.8. The molecule has 162 valence electrons. The number of rotatable bonds is 6. The van der Waals surface area contributed by atoms with Gasteiger partial charge in [0.25, 0.3) is 0 Å². The fourth-order valence-electron chi connectivity index (χ4n) is 6.86. The molecule has 0 bridgehead atoms. The molecule has 0 amide bonds. The highest BCUT2D eigenvalue weighted by Crippen LogP contribution is 2.43. The van der Waals surface area contributed by atoms with E-state index in [4.69, 9.17) is 0 Å². The Kier molecular flexibility index (Phi) is 7.71. The summed E-state index contributed by atoms with van der Waals surface area (Å²) >= 11 is 0. The Morgan fingerprint density at radius 2 is 1.07 bits per heavy atom. The van der Waals surface area contributed by atoms with Crippen LogP contribution in [0.4, 0.5) is 4.39 Å². The Morgan fingerprint density at radius 3 is 1.55 bits per heavy atom. The SMILES string of the molecule is Cc1ccc(C2CCC(CCC3CCC(C4CCC(CF)CC4)CC3)CC2)cc1. The van der Waals surface area contributed by atoms with Gasteiger partial charge in [-0.1, -0.05) is 55.5 Å². The highest BCUT2D eigenvalue weighted by atomic mass is 19.1. The van der Waals surface area contributed by atoms with E-state index in [9.17, 15) is 4.39 Å². The third kappa shape index (κ3) is 5.86. The van der Waals surface area contributed by atoms with Crippen LogP contribution in [0.3, 0.4) is 0 Å². The molecule has 0 unspecified atom stereocenters. The summed E-state index contributed by atoms with van der Waals surface area (Å²) in [7, 11) is 0. The van der Waals surface area contributed by atoms with E-state index in [2.05, 4.69) is 31.2 Å². The second-order valence-corrected chi connectivity index (χ2v) is 10.9. The second kappa shape index (κ2) is 10.5. The van der Waals surface area contributed by atoms with E-state index in [-0.39, 0.29) is 6.67 Å². The minimum absolute atomic E-state index is 0.0770. The smallest absolute Gasteiger partial charge is 0.0922 e.